The van der Waals surface area contributed by atoms with Gasteiger partial charge in [-0.15, -0.1) is 0 Å². The molecule has 2 aromatic heterocycles. The summed E-state index contributed by atoms with van der Waals surface area (Å²) < 4.78 is 20.9. The Hall–Kier alpha value is -5.51. The highest BCUT2D eigenvalue weighted by molar-refractivity contribution is 7.98. The van der Waals surface area contributed by atoms with E-state index in [1.54, 1.807) is 25.4 Å². The van der Waals surface area contributed by atoms with Gasteiger partial charge in [0.15, 0.2) is 11.5 Å². The van der Waals surface area contributed by atoms with Crippen LogP contribution in [-0.2, 0) is 12.0 Å². The number of nitro benzene ring substituents is 1. The molecule has 2 saturated heterocycles. The molecule has 0 radical (unpaired) electrons. The number of carbonyl (C=O) groups excluding carboxylic acids is 1. The lowest BCUT2D eigenvalue weighted by Crippen LogP contribution is -2.59. The van der Waals surface area contributed by atoms with Crippen LogP contribution in [0.3, 0.4) is 0 Å². The number of carbonyl (C=O) groups is 1. The van der Waals surface area contributed by atoms with Gasteiger partial charge in [0.1, 0.15) is 22.8 Å². The lowest BCUT2D eigenvalue weighted by molar-refractivity contribution is -0.384. The number of hydrogen-bond donors (Lipinski definition) is 3. The minimum Gasteiger partial charge on any atom is -0.493 e. The molecule has 1 saturated carbocycles. The van der Waals surface area contributed by atoms with Crippen LogP contribution < -0.4 is 29.6 Å². The van der Waals surface area contributed by atoms with Crippen molar-refractivity contribution >= 4 is 46.0 Å². The van der Waals surface area contributed by atoms with E-state index >= 15 is 0 Å². The molecule has 308 valence electrons. The summed E-state index contributed by atoms with van der Waals surface area (Å²) in [5.74, 6) is 2.25. The topological polar surface area (TPSA) is 164 Å². The van der Waals surface area contributed by atoms with Crippen molar-refractivity contribution in [1.29, 1.82) is 0 Å². The van der Waals surface area contributed by atoms with Gasteiger partial charge in [-0.1, -0.05) is 13.8 Å². The van der Waals surface area contributed by atoms with Crippen LogP contribution in [0.2, 0.25) is 0 Å². The van der Waals surface area contributed by atoms with Crippen LogP contribution in [0.5, 0.6) is 23.0 Å². The third kappa shape index (κ3) is 7.86. The Morgan fingerprint density at radius 1 is 1.03 bits per heavy atom. The van der Waals surface area contributed by atoms with E-state index in [0.29, 0.717) is 40.0 Å². The predicted molar refractivity (Wildman–Crippen MR) is 229 cm³/mol. The number of nitrogen functional groups attached to an aromatic ring is 1. The minimum absolute atomic E-state index is 0.0132. The molecule has 3 fully saturated rings. The number of pyridine rings is 1. The molecule has 0 bridgehead atoms. The second kappa shape index (κ2) is 15.6. The number of anilines is 2. The van der Waals surface area contributed by atoms with Crippen molar-refractivity contribution in [2.45, 2.75) is 62.4 Å². The fourth-order valence-corrected chi connectivity index (χ4v) is 9.89. The molecule has 3 aliphatic heterocycles. The molecular formula is C44H50N8O6S. The van der Waals surface area contributed by atoms with Gasteiger partial charge in [-0.05, 0) is 97.1 Å². The maximum atomic E-state index is 13.6. The predicted octanol–water partition coefficient (Wildman–Crippen LogP) is 7.53. The van der Waals surface area contributed by atoms with Crippen LogP contribution in [-0.4, -0.2) is 89.6 Å². The lowest BCUT2D eigenvalue weighted by atomic mass is 9.60. The van der Waals surface area contributed by atoms with E-state index in [0.717, 1.165) is 98.8 Å². The van der Waals surface area contributed by atoms with E-state index in [4.69, 9.17) is 19.9 Å². The molecule has 5 aromatic rings. The van der Waals surface area contributed by atoms with Crippen LogP contribution in [0.4, 0.5) is 17.1 Å². The number of nitrogens with zero attached hydrogens (tertiary/aromatic N) is 5. The van der Waals surface area contributed by atoms with Gasteiger partial charge in [-0.25, -0.2) is 4.98 Å². The van der Waals surface area contributed by atoms with Crippen molar-refractivity contribution in [3.63, 3.8) is 0 Å². The van der Waals surface area contributed by atoms with Crippen LogP contribution in [0, 0.1) is 15.5 Å². The summed E-state index contributed by atoms with van der Waals surface area (Å²) in [7, 11) is 1.73. The average Bonchev–Trinajstić information content (AvgIpc) is 3.82. The number of rotatable bonds is 11. The molecule has 1 amide bonds. The first-order chi connectivity index (χ1) is 28.5. The van der Waals surface area contributed by atoms with Crippen molar-refractivity contribution in [3.8, 4) is 23.0 Å². The first-order valence-corrected chi connectivity index (χ1v) is 21.1. The Morgan fingerprint density at radius 3 is 2.59 bits per heavy atom. The van der Waals surface area contributed by atoms with E-state index in [2.05, 4.69) is 55.4 Å². The Labute approximate surface area is 347 Å². The molecule has 0 unspecified atom stereocenters. The van der Waals surface area contributed by atoms with Crippen LogP contribution in [0.1, 0.15) is 61.0 Å². The fraction of sp³-hybridized carbons (Fsp3) is 0.409. The molecule has 4 N–H and O–H groups in total. The number of aromatic nitrogens is 2. The van der Waals surface area contributed by atoms with Gasteiger partial charge in [0, 0.05) is 97.1 Å². The highest BCUT2D eigenvalue weighted by atomic mass is 32.2. The number of benzene rings is 3. The van der Waals surface area contributed by atoms with Gasteiger partial charge in [-0.3, -0.25) is 29.4 Å². The van der Waals surface area contributed by atoms with Gasteiger partial charge in [0.25, 0.3) is 11.6 Å². The third-order valence-electron chi connectivity index (χ3n) is 12.8. The van der Waals surface area contributed by atoms with Gasteiger partial charge in [-0.2, -0.15) is 0 Å². The van der Waals surface area contributed by atoms with Crippen molar-refractivity contribution in [3.05, 3.63) is 99.9 Å². The van der Waals surface area contributed by atoms with Gasteiger partial charge < -0.3 is 29.8 Å². The molecule has 14 nitrogen and oxygen atoms in total. The molecule has 9 rings (SSSR count). The van der Waals surface area contributed by atoms with Crippen molar-refractivity contribution in [1.82, 2.24) is 24.5 Å². The Bertz CT molecular complexity index is 2400. The number of nitrogens with one attached hydrogen (secondary N) is 2. The number of piperazine rings is 1. The van der Waals surface area contributed by atoms with E-state index in [9.17, 15) is 14.9 Å². The molecule has 0 atom stereocenters. The molecule has 59 heavy (non-hydrogen) atoms. The summed E-state index contributed by atoms with van der Waals surface area (Å²) in [6.07, 6.45) is 8.19. The molecule has 1 spiro atoms. The van der Waals surface area contributed by atoms with Crippen molar-refractivity contribution in [2.75, 3.05) is 63.6 Å². The highest BCUT2D eigenvalue weighted by Crippen LogP contribution is 2.52. The minimum atomic E-state index is -0.540. The first-order valence-electron chi connectivity index (χ1n) is 20.3. The number of aromatic amines is 1. The summed E-state index contributed by atoms with van der Waals surface area (Å²) in [5.41, 5.74) is 10.6. The zero-order valence-corrected chi connectivity index (χ0v) is 34.5. The van der Waals surface area contributed by atoms with E-state index in [-0.39, 0.29) is 16.8 Å². The van der Waals surface area contributed by atoms with Crippen molar-refractivity contribution < 1.29 is 23.9 Å². The summed E-state index contributed by atoms with van der Waals surface area (Å²) in [5, 5.41) is 12.3. The number of ether oxygens (including phenoxy) is 3. The maximum Gasteiger partial charge on any atom is 0.293 e. The zero-order chi connectivity index (χ0) is 40.9. The molecule has 4 aliphatic rings. The number of fused-ring (bicyclic) bond motifs is 2. The number of hydrogen-bond acceptors (Lipinski definition) is 12. The lowest BCUT2D eigenvalue weighted by Gasteiger charge is -2.56. The van der Waals surface area contributed by atoms with Crippen LogP contribution >= 0.6 is 11.9 Å². The summed E-state index contributed by atoms with van der Waals surface area (Å²) in [6, 6.07) is 19.0. The number of nitrogens with two attached hydrogens (primary N) is 1. The smallest absolute Gasteiger partial charge is 0.293 e. The second-order valence-corrected chi connectivity index (χ2v) is 18.0. The Morgan fingerprint density at radius 2 is 1.83 bits per heavy atom. The van der Waals surface area contributed by atoms with Gasteiger partial charge >= 0.3 is 0 Å². The van der Waals surface area contributed by atoms with Gasteiger partial charge in [0.2, 0.25) is 0 Å². The number of methoxy groups -OCH3 is 1. The number of H-pyrrole nitrogens is 1. The van der Waals surface area contributed by atoms with Crippen LogP contribution in [0.25, 0.3) is 11.0 Å². The number of amides is 1. The van der Waals surface area contributed by atoms with E-state index in [1.165, 1.54) is 36.1 Å². The second-order valence-electron chi connectivity index (χ2n) is 17.1. The number of nitro groups is 1. The van der Waals surface area contributed by atoms with E-state index in [1.807, 2.05) is 30.5 Å². The molecule has 5 heterocycles. The maximum absolute atomic E-state index is 13.6. The van der Waals surface area contributed by atoms with Crippen molar-refractivity contribution in [2.24, 2.45) is 5.41 Å². The highest BCUT2D eigenvalue weighted by Gasteiger charge is 2.48. The molecular weight excluding hydrogens is 769 g/mol. The number of piperidine rings is 1. The average molecular weight is 819 g/mol. The summed E-state index contributed by atoms with van der Waals surface area (Å²) >= 11 is 0.982. The Balaban J connectivity index is 0.817. The first kappa shape index (κ1) is 39.0. The molecule has 15 heteroatoms. The fourth-order valence-electron chi connectivity index (χ4n) is 9.26. The van der Waals surface area contributed by atoms with Crippen LogP contribution in [0.15, 0.2) is 78.0 Å². The monoisotopic (exact) mass is 818 g/mol. The van der Waals surface area contributed by atoms with Gasteiger partial charge in [0.05, 0.1) is 30.4 Å². The third-order valence-corrected chi connectivity index (χ3v) is 13.5. The largest absolute Gasteiger partial charge is 0.493 e. The SMILES string of the molecule is COc1cc(CN2CCN(C3CC4(CCN(c5ccc(C(=O)NSc6ccc(N)c([N+](=O)[O-])c6)c(Oc6cnc7[nH]ccc7c6)c5)CC4)C3)CC2)cc2c1OCC2(C)C. The zero-order valence-electron chi connectivity index (χ0n) is 33.7. The molecule has 3 aromatic carbocycles. The Kier molecular flexibility index (Phi) is 10.3. The standard InChI is InChI=1S/C44H50N8O6S/c1-43(2)27-57-40-35(43)18-28(19-39(40)56-3)26-49-14-16-51(17-15-49)31-23-44(24-31)9-12-50(13-10-44)30-4-6-34(38(21-30)58-32-20-29-8-11-46-41(29)47-25-32)42(53)48-59-33-5-7-36(45)37(22-33)52(54)55/h4-8,11,18-22,25,31H,9-10,12-17,23-24,26-27,45H2,1-3H3,(H,46,47)(H,48,53). The molecule has 1 aliphatic carbocycles. The summed E-state index contributed by atoms with van der Waals surface area (Å²) in [6.45, 7) is 12.2. The summed E-state index contributed by atoms with van der Waals surface area (Å²) in [4.78, 5) is 40.2. The normalized spacial score (nSPS) is 18.9. The quantitative estimate of drug-likeness (QED) is 0.0521. The van der Waals surface area contributed by atoms with E-state index < -0.39 is 10.8 Å².